The number of benzene rings is 2. The highest BCUT2D eigenvalue weighted by molar-refractivity contribution is 6.30. The summed E-state index contributed by atoms with van der Waals surface area (Å²) in [5.41, 5.74) is 1.83. The average Bonchev–Trinajstić information content (AvgIpc) is 2.50. The lowest BCUT2D eigenvalue weighted by Crippen LogP contribution is -2.22. The van der Waals surface area contributed by atoms with Gasteiger partial charge in [-0.25, -0.2) is 0 Å². The number of rotatable bonds is 3. The minimum atomic E-state index is -0.0357. The number of aromatic hydroxyl groups is 1. The van der Waals surface area contributed by atoms with Gasteiger partial charge in [-0.3, -0.25) is 4.79 Å². The van der Waals surface area contributed by atoms with E-state index in [0.717, 1.165) is 16.5 Å². The zero-order valence-electron chi connectivity index (χ0n) is 13.1. The molecule has 23 heavy (non-hydrogen) atoms. The molecule has 3 rings (SSSR count). The fourth-order valence-corrected chi connectivity index (χ4v) is 2.89. The van der Waals surface area contributed by atoms with Crippen LogP contribution in [0.2, 0.25) is 5.02 Å². The zero-order chi connectivity index (χ0) is 16.6. The van der Waals surface area contributed by atoms with Gasteiger partial charge in [0, 0.05) is 34.1 Å². The van der Waals surface area contributed by atoms with Crippen LogP contribution >= 0.6 is 11.6 Å². The van der Waals surface area contributed by atoms with Crippen LogP contribution in [-0.4, -0.2) is 9.67 Å². The molecule has 0 saturated heterocycles. The second-order valence-electron chi connectivity index (χ2n) is 6.13. The molecular weight excluding hydrogens is 310 g/mol. The summed E-state index contributed by atoms with van der Waals surface area (Å²) in [5, 5.41) is 11.8. The largest absolute Gasteiger partial charge is 0.508 e. The van der Waals surface area contributed by atoms with Crippen molar-refractivity contribution in [1.29, 1.82) is 0 Å². The van der Waals surface area contributed by atoms with Crippen LogP contribution in [0.3, 0.4) is 0 Å². The predicted molar refractivity (Wildman–Crippen MR) is 95.2 cm³/mol. The van der Waals surface area contributed by atoms with Crippen LogP contribution in [0.25, 0.3) is 21.9 Å². The lowest BCUT2D eigenvalue weighted by molar-refractivity contribution is 0.476. The van der Waals surface area contributed by atoms with Gasteiger partial charge in [-0.15, -0.1) is 0 Å². The lowest BCUT2D eigenvalue weighted by Gasteiger charge is -2.14. The van der Waals surface area contributed by atoms with Gasteiger partial charge in [-0.1, -0.05) is 37.6 Å². The minimum absolute atomic E-state index is 0.0357. The van der Waals surface area contributed by atoms with Crippen LogP contribution in [-0.2, 0) is 6.54 Å². The fourth-order valence-electron chi connectivity index (χ4n) is 2.77. The number of phenols is 1. The Morgan fingerprint density at radius 3 is 2.43 bits per heavy atom. The molecule has 0 aliphatic heterocycles. The highest BCUT2D eigenvalue weighted by Crippen LogP contribution is 2.30. The first-order chi connectivity index (χ1) is 11.0. The number of phenolic OH excluding ortho intramolecular Hbond substituents is 1. The smallest absolute Gasteiger partial charge is 0.258 e. The molecule has 0 amide bonds. The second-order valence-corrected chi connectivity index (χ2v) is 6.57. The standard InChI is InChI=1S/C19H18ClNO2/c1-12(2)10-21-11-18(13-3-5-14(20)6-4-13)17-9-15(22)7-8-16(17)19(21)23/h3-9,11-12,22H,10H2,1-2H3. The van der Waals surface area contributed by atoms with Crippen molar-refractivity contribution in [3.8, 4) is 16.9 Å². The van der Waals surface area contributed by atoms with Crippen molar-refractivity contribution in [1.82, 2.24) is 4.57 Å². The molecule has 0 radical (unpaired) electrons. The highest BCUT2D eigenvalue weighted by atomic mass is 35.5. The molecule has 1 heterocycles. The fraction of sp³-hybridized carbons (Fsp3) is 0.211. The minimum Gasteiger partial charge on any atom is -0.508 e. The Morgan fingerprint density at radius 1 is 1.09 bits per heavy atom. The average molecular weight is 328 g/mol. The van der Waals surface area contributed by atoms with Gasteiger partial charge in [0.1, 0.15) is 5.75 Å². The van der Waals surface area contributed by atoms with E-state index in [9.17, 15) is 9.90 Å². The number of fused-ring (bicyclic) bond motifs is 1. The molecule has 0 fully saturated rings. The van der Waals surface area contributed by atoms with Gasteiger partial charge in [-0.2, -0.15) is 0 Å². The van der Waals surface area contributed by atoms with Crippen molar-refractivity contribution in [2.45, 2.75) is 20.4 Å². The maximum Gasteiger partial charge on any atom is 0.258 e. The zero-order valence-corrected chi connectivity index (χ0v) is 13.8. The quantitative estimate of drug-likeness (QED) is 0.758. The summed E-state index contributed by atoms with van der Waals surface area (Å²) in [6.45, 7) is 4.81. The number of pyridine rings is 1. The number of nitrogens with zero attached hydrogens (tertiary/aromatic N) is 1. The summed E-state index contributed by atoms with van der Waals surface area (Å²) < 4.78 is 1.74. The molecule has 3 nitrogen and oxygen atoms in total. The van der Waals surface area contributed by atoms with E-state index >= 15 is 0 Å². The number of hydrogen-bond donors (Lipinski definition) is 1. The Bertz CT molecular complexity index is 911. The second kappa shape index (κ2) is 6.09. The van der Waals surface area contributed by atoms with Crippen molar-refractivity contribution in [2.75, 3.05) is 0 Å². The molecule has 0 bridgehead atoms. The Hall–Kier alpha value is -2.26. The van der Waals surface area contributed by atoms with Crippen LogP contribution in [0, 0.1) is 5.92 Å². The van der Waals surface area contributed by atoms with Gasteiger partial charge in [0.15, 0.2) is 0 Å². The molecule has 3 aromatic rings. The Labute approximate surface area is 139 Å². The van der Waals surface area contributed by atoms with E-state index in [1.165, 1.54) is 0 Å². The van der Waals surface area contributed by atoms with Crippen LogP contribution in [0.15, 0.2) is 53.5 Å². The highest BCUT2D eigenvalue weighted by Gasteiger charge is 2.12. The molecular formula is C19H18ClNO2. The number of aromatic nitrogens is 1. The maximum absolute atomic E-state index is 12.7. The third-order valence-electron chi connectivity index (χ3n) is 3.79. The first kappa shape index (κ1) is 15.6. The van der Waals surface area contributed by atoms with Crippen molar-refractivity contribution in [2.24, 2.45) is 5.92 Å². The normalized spacial score (nSPS) is 11.3. The summed E-state index contributed by atoms with van der Waals surface area (Å²) in [5.74, 6) is 0.508. The topological polar surface area (TPSA) is 42.2 Å². The molecule has 0 atom stereocenters. The van der Waals surface area contributed by atoms with Gasteiger partial charge < -0.3 is 9.67 Å². The van der Waals surface area contributed by atoms with Crippen LogP contribution in [0.1, 0.15) is 13.8 Å². The summed E-state index contributed by atoms with van der Waals surface area (Å²) in [6, 6.07) is 12.4. The third-order valence-corrected chi connectivity index (χ3v) is 4.04. The Kier molecular flexibility index (Phi) is 4.14. The van der Waals surface area contributed by atoms with E-state index in [2.05, 4.69) is 13.8 Å². The molecule has 0 aliphatic carbocycles. The monoisotopic (exact) mass is 327 g/mol. The van der Waals surface area contributed by atoms with E-state index in [1.807, 2.05) is 30.5 Å². The van der Waals surface area contributed by atoms with Crippen LogP contribution in [0.4, 0.5) is 0 Å². The summed E-state index contributed by atoms with van der Waals surface area (Å²) in [6.07, 6.45) is 1.87. The van der Waals surface area contributed by atoms with E-state index in [0.29, 0.717) is 22.9 Å². The summed E-state index contributed by atoms with van der Waals surface area (Å²) in [4.78, 5) is 12.7. The van der Waals surface area contributed by atoms with Gasteiger partial charge in [0.05, 0.1) is 0 Å². The molecule has 0 aliphatic rings. The van der Waals surface area contributed by atoms with E-state index in [-0.39, 0.29) is 11.3 Å². The van der Waals surface area contributed by atoms with E-state index in [1.54, 1.807) is 22.8 Å². The van der Waals surface area contributed by atoms with Crippen molar-refractivity contribution in [3.63, 3.8) is 0 Å². The molecule has 1 aromatic heterocycles. The number of hydrogen-bond acceptors (Lipinski definition) is 2. The van der Waals surface area contributed by atoms with E-state index < -0.39 is 0 Å². The molecule has 0 spiro atoms. The SMILES string of the molecule is CC(C)Cn1cc(-c2ccc(Cl)cc2)c2cc(O)ccc2c1=O. The predicted octanol–water partition coefficient (Wildman–Crippen LogP) is 4.68. The maximum atomic E-state index is 12.7. The number of halogens is 1. The van der Waals surface area contributed by atoms with Gasteiger partial charge in [-0.05, 0) is 41.8 Å². The molecule has 0 unspecified atom stereocenters. The van der Waals surface area contributed by atoms with Gasteiger partial charge >= 0.3 is 0 Å². The third kappa shape index (κ3) is 3.10. The molecule has 4 heteroatoms. The summed E-state index contributed by atoms with van der Waals surface area (Å²) >= 11 is 5.97. The molecule has 118 valence electrons. The van der Waals surface area contributed by atoms with Crippen molar-refractivity contribution in [3.05, 3.63) is 64.0 Å². The Balaban J connectivity index is 2.33. The molecule has 0 saturated carbocycles. The van der Waals surface area contributed by atoms with Gasteiger partial charge in [0.2, 0.25) is 0 Å². The first-order valence-corrected chi connectivity index (χ1v) is 7.95. The van der Waals surface area contributed by atoms with E-state index in [4.69, 9.17) is 11.6 Å². The first-order valence-electron chi connectivity index (χ1n) is 7.58. The van der Waals surface area contributed by atoms with Crippen molar-refractivity contribution >= 4 is 22.4 Å². The molecule has 2 aromatic carbocycles. The summed E-state index contributed by atoms with van der Waals surface area (Å²) in [7, 11) is 0. The van der Waals surface area contributed by atoms with Crippen molar-refractivity contribution < 1.29 is 5.11 Å². The molecule has 1 N–H and O–H groups in total. The van der Waals surface area contributed by atoms with Crippen LogP contribution < -0.4 is 5.56 Å². The van der Waals surface area contributed by atoms with Crippen LogP contribution in [0.5, 0.6) is 5.75 Å². The van der Waals surface area contributed by atoms with Gasteiger partial charge in [0.25, 0.3) is 5.56 Å². The Morgan fingerprint density at radius 2 is 1.78 bits per heavy atom. The lowest BCUT2D eigenvalue weighted by atomic mass is 10.00.